The molecule has 1 aliphatic rings. The number of ether oxygens (including phenoxy) is 1. The van der Waals surface area contributed by atoms with Crippen LogP contribution in [0.25, 0.3) is 0 Å². The number of carbonyl (C=O) groups excluding carboxylic acids is 1. The van der Waals surface area contributed by atoms with Gasteiger partial charge in [-0.1, -0.05) is 0 Å². The zero-order chi connectivity index (χ0) is 15.6. The third kappa shape index (κ3) is 3.12. The zero-order valence-electron chi connectivity index (χ0n) is 12.4. The van der Waals surface area contributed by atoms with Crippen LogP contribution in [0.1, 0.15) is 29.2 Å². The number of hydrogen-bond acceptors (Lipinski definition) is 6. The van der Waals surface area contributed by atoms with Crippen molar-refractivity contribution in [3.63, 3.8) is 0 Å². The van der Waals surface area contributed by atoms with E-state index in [-0.39, 0.29) is 16.4 Å². The number of sulfonamides is 1. The molecule has 1 aromatic heterocycles. The van der Waals surface area contributed by atoms with Gasteiger partial charge in [-0.25, -0.2) is 13.2 Å². The summed E-state index contributed by atoms with van der Waals surface area (Å²) in [5, 5.41) is 3.15. The van der Waals surface area contributed by atoms with Crippen molar-refractivity contribution in [3.8, 4) is 0 Å². The van der Waals surface area contributed by atoms with Crippen LogP contribution >= 0.6 is 0 Å². The summed E-state index contributed by atoms with van der Waals surface area (Å²) in [6.07, 6.45) is 1.52. The second-order valence-corrected chi connectivity index (χ2v) is 6.90. The van der Waals surface area contributed by atoms with E-state index in [0.717, 1.165) is 12.8 Å². The summed E-state index contributed by atoms with van der Waals surface area (Å²) in [7, 11) is -0.549. The van der Waals surface area contributed by atoms with Gasteiger partial charge in [0.1, 0.15) is 10.7 Å². The van der Waals surface area contributed by atoms with Crippen molar-refractivity contribution in [3.05, 3.63) is 17.6 Å². The zero-order valence-corrected chi connectivity index (χ0v) is 13.2. The van der Waals surface area contributed by atoms with Crippen molar-refractivity contribution >= 4 is 16.0 Å². The Morgan fingerprint density at radius 3 is 2.57 bits per heavy atom. The van der Waals surface area contributed by atoms with Gasteiger partial charge in [-0.05, 0) is 26.8 Å². The quantitative estimate of drug-likeness (QED) is 0.825. The van der Waals surface area contributed by atoms with Gasteiger partial charge in [-0.3, -0.25) is 0 Å². The maximum atomic E-state index is 12.6. The number of piperidine rings is 1. The average Bonchev–Trinajstić information content (AvgIpc) is 2.89. The molecule has 1 N–H and O–H groups in total. The van der Waals surface area contributed by atoms with E-state index >= 15 is 0 Å². The first-order chi connectivity index (χ1) is 9.90. The van der Waals surface area contributed by atoms with Crippen LogP contribution in [-0.4, -0.2) is 52.0 Å². The molecule has 1 aromatic rings. The molecule has 0 bridgehead atoms. The molecule has 1 aliphatic heterocycles. The number of aryl methyl sites for hydroxylation is 1. The van der Waals surface area contributed by atoms with Gasteiger partial charge in [0, 0.05) is 25.2 Å². The van der Waals surface area contributed by atoms with Crippen molar-refractivity contribution in [2.24, 2.45) is 0 Å². The van der Waals surface area contributed by atoms with E-state index in [9.17, 15) is 13.2 Å². The molecule has 0 atom stereocenters. The molecule has 7 nitrogen and oxygen atoms in total. The number of nitrogens with zero attached hydrogens (tertiary/aromatic N) is 1. The standard InChI is InChI=1S/C13H20N2O5S/c1-9-12(8-11(20-9)13(16)19-3)21(17,18)15-6-4-10(14-2)5-7-15/h8,10,14H,4-7H2,1-3H3. The van der Waals surface area contributed by atoms with E-state index in [1.54, 1.807) is 0 Å². The Hall–Kier alpha value is -1.38. The van der Waals surface area contributed by atoms with Gasteiger partial charge < -0.3 is 14.5 Å². The Morgan fingerprint density at radius 2 is 2.05 bits per heavy atom. The SMILES string of the molecule is CNC1CCN(S(=O)(=O)c2cc(C(=O)OC)oc2C)CC1. The minimum absolute atomic E-state index is 0.0332. The molecule has 0 saturated carbocycles. The van der Waals surface area contributed by atoms with Crippen molar-refractivity contribution in [2.45, 2.75) is 30.7 Å². The summed E-state index contributed by atoms with van der Waals surface area (Å²) in [5.41, 5.74) is 0. The van der Waals surface area contributed by atoms with E-state index in [4.69, 9.17) is 4.42 Å². The molecule has 0 spiro atoms. The van der Waals surface area contributed by atoms with Crippen LogP contribution in [0.2, 0.25) is 0 Å². The van der Waals surface area contributed by atoms with E-state index in [2.05, 4.69) is 10.1 Å². The van der Waals surface area contributed by atoms with Gasteiger partial charge in [0.25, 0.3) is 0 Å². The fraction of sp³-hybridized carbons (Fsp3) is 0.615. The molecule has 2 heterocycles. The minimum atomic E-state index is -3.64. The molecule has 0 radical (unpaired) electrons. The van der Waals surface area contributed by atoms with Gasteiger partial charge in [0.15, 0.2) is 0 Å². The fourth-order valence-electron chi connectivity index (χ4n) is 2.45. The molecular weight excluding hydrogens is 296 g/mol. The van der Waals surface area contributed by atoms with Crippen LogP contribution in [-0.2, 0) is 14.8 Å². The van der Waals surface area contributed by atoms with Gasteiger partial charge in [0.05, 0.1) is 7.11 Å². The summed E-state index contributed by atoms with van der Waals surface area (Å²) in [6.45, 7) is 2.43. The molecule has 8 heteroatoms. The third-order valence-electron chi connectivity index (χ3n) is 3.74. The smallest absolute Gasteiger partial charge is 0.373 e. The van der Waals surface area contributed by atoms with E-state index in [0.29, 0.717) is 19.1 Å². The lowest BCUT2D eigenvalue weighted by Gasteiger charge is -2.30. The number of nitrogens with one attached hydrogen (secondary N) is 1. The second-order valence-electron chi connectivity index (χ2n) is 4.99. The number of hydrogen-bond donors (Lipinski definition) is 1. The number of esters is 1. The molecule has 0 aliphatic carbocycles. The van der Waals surface area contributed by atoms with Crippen molar-refractivity contribution in [2.75, 3.05) is 27.2 Å². The van der Waals surface area contributed by atoms with Crippen molar-refractivity contribution < 1.29 is 22.4 Å². The van der Waals surface area contributed by atoms with E-state index < -0.39 is 16.0 Å². The Bertz CT molecular complexity index is 615. The highest BCUT2D eigenvalue weighted by atomic mass is 32.2. The minimum Gasteiger partial charge on any atom is -0.463 e. The molecule has 0 unspecified atom stereocenters. The molecular formula is C13H20N2O5S. The lowest BCUT2D eigenvalue weighted by Crippen LogP contribution is -2.43. The normalized spacial score (nSPS) is 17.9. The van der Waals surface area contributed by atoms with Crippen LogP contribution in [0.4, 0.5) is 0 Å². The summed E-state index contributed by atoms with van der Waals surface area (Å²) >= 11 is 0. The highest BCUT2D eigenvalue weighted by Gasteiger charge is 2.32. The predicted molar refractivity (Wildman–Crippen MR) is 75.6 cm³/mol. The monoisotopic (exact) mass is 316 g/mol. The maximum Gasteiger partial charge on any atom is 0.373 e. The lowest BCUT2D eigenvalue weighted by molar-refractivity contribution is 0.0563. The number of methoxy groups -OCH3 is 1. The first-order valence-corrected chi connectivity index (χ1v) is 8.20. The van der Waals surface area contributed by atoms with Crippen LogP contribution < -0.4 is 5.32 Å². The van der Waals surface area contributed by atoms with Crippen LogP contribution in [0, 0.1) is 6.92 Å². The summed E-state index contributed by atoms with van der Waals surface area (Å²) in [4.78, 5) is 11.5. The average molecular weight is 316 g/mol. The number of furan rings is 1. The first-order valence-electron chi connectivity index (χ1n) is 6.76. The molecule has 0 amide bonds. The summed E-state index contributed by atoms with van der Waals surface area (Å²) in [6, 6.07) is 1.58. The van der Waals surface area contributed by atoms with E-state index in [1.807, 2.05) is 7.05 Å². The number of carbonyl (C=O) groups is 1. The van der Waals surface area contributed by atoms with Crippen LogP contribution in [0.3, 0.4) is 0 Å². The largest absolute Gasteiger partial charge is 0.463 e. The topological polar surface area (TPSA) is 88.9 Å². The number of rotatable bonds is 4. The fourth-order valence-corrected chi connectivity index (χ4v) is 4.08. The Morgan fingerprint density at radius 1 is 1.43 bits per heavy atom. The molecule has 2 rings (SSSR count). The van der Waals surface area contributed by atoms with Crippen LogP contribution in [0.15, 0.2) is 15.4 Å². The van der Waals surface area contributed by atoms with Gasteiger partial charge in [0.2, 0.25) is 15.8 Å². The lowest BCUT2D eigenvalue weighted by atomic mass is 10.1. The van der Waals surface area contributed by atoms with Gasteiger partial charge in [-0.2, -0.15) is 4.31 Å². The molecule has 0 aromatic carbocycles. The Labute approximate surface area is 124 Å². The predicted octanol–water partition coefficient (Wildman–Crippen LogP) is 0.747. The van der Waals surface area contributed by atoms with Gasteiger partial charge >= 0.3 is 5.97 Å². The highest BCUT2D eigenvalue weighted by Crippen LogP contribution is 2.26. The van der Waals surface area contributed by atoms with Crippen LogP contribution in [0.5, 0.6) is 0 Å². The second kappa shape index (κ2) is 6.17. The van der Waals surface area contributed by atoms with Crippen molar-refractivity contribution in [1.82, 2.24) is 9.62 Å². The molecule has 1 saturated heterocycles. The first kappa shape index (κ1) is 16.0. The molecule has 1 fully saturated rings. The summed E-state index contributed by atoms with van der Waals surface area (Å²) < 4.78 is 36.4. The Kier molecular flexibility index (Phi) is 4.70. The maximum absolute atomic E-state index is 12.6. The van der Waals surface area contributed by atoms with Gasteiger partial charge in [-0.15, -0.1) is 0 Å². The Balaban J connectivity index is 2.24. The summed E-state index contributed by atoms with van der Waals surface area (Å²) in [5.74, 6) is -0.585. The molecule has 118 valence electrons. The van der Waals surface area contributed by atoms with E-state index in [1.165, 1.54) is 24.4 Å². The third-order valence-corrected chi connectivity index (χ3v) is 5.74. The highest BCUT2D eigenvalue weighted by molar-refractivity contribution is 7.89. The van der Waals surface area contributed by atoms with Crippen molar-refractivity contribution in [1.29, 1.82) is 0 Å². The molecule has 21 heavy (non-hydrogen) atoms.